The summed E-state index contributed by atoms with van der Waals surface area (Å²) in [7, 11) is 0. The highest BCUT2D eigenvalue weighted by atomic mass is 16.7. The molecule has 4 heteroatoms. The molecule has 3 rings (SSSR count). The Balaban J connectivity index is 1.80. The normalized spacial score (nSPS) is 12.4. The Bertz CT molecular complexity index is 883. The molecular formula is C23H25NO3. The van der Waals surface area contributed by atoms with Crippen LogP contribution >= 0.6 is 0 Å². The molecule has 0 saturated heterocycles. The number of oxime groups is 1. The molecule has 0 spiro atoms. The molecule has 0 atom stereocenters. The van der Waals surface area contributed by atoms with Gasteiger partial charge in [0.25, 0.3) is 0 Å². The van der Waals surface area contributed by atoms with Gasteiger partial charge in [-0.15, -0.1) is 0 Å². The van der Waals surface area contributed by atoms with Crippen LogP contribution in [0.1, 0.15) is 67.4 Å². The van der Waals surface area contributed by atoms with E-state index in [1.165, 1.54) is 23.6 Å². The van der Waals surface area contributed by atoms with Gasteiger partial charge in [-0.05, 0) is 47.6 Å². The van der Waals surface area contributed by atoms with E-state index in [1.54, 1.807) is 0 Å². The second-order valence-corrected chi connectivity index (χ2v) is 6.97. The zero-order valence-electron chi connectivity index (χ0n) is 16.0. The Kier molecular flexibility index (Phi) is 6.17. The van der Waals surface area contributed by atoms with Gasteiger partial charge in [0.2, 0.25) is 5.78 Å². The molecule has 4 nitrogen and oxygen atoms in total. The summed E-state index contributed by atoms with van der Waals surface area (Å²) in [6.07, 6.45) is 5.48. The summed E-state index contributed by atoms with van der Waals surface area (Å²) >= 11 is 0. The van der Waals surface area contributed by atoms with Crippen molar-refractivity contribution < 1.29 is 14.4 Å². The lowest BCUT2D eigenvalue weighted by atomic mass is 9.97. The van der Waals surface area contributed by atoms with E-state index < -0.39 is 5.97 Å². The first-order valence-electron chi connectivity index (χ1n) is 9.60. The number of carbonyl (C=O) groups excluding carboxylic acids is 2. The number of benzene rings is 2. The lowest BCUT2D eigenvalue weighted by Gasteiger charge is -2.07. The summed E-state index contributed by atoms with van der Waals surface area (Å²) in [5.41, 5.74) is 5.77. The van der Waals surface area contributed by atoms with E-state index >= 15 is 0 Å². The van der Waals surface area contributed by atoms with Crippen LogP contribution in [0, 0.1) is 0 Å². The lowest BCUT2D eigenvalue weighted by molar-refractivity contribution is -0.140. The molecule has 0 saturated carbocycles. The van der Waals surface area contributed by atoms with E-state index in [2.05, 4.69) is 24.2 Å². The molecule has 0 unspecified atom stereocenters. The van der Waals surface area contributed by atoms with Crippen LogP contribution in [0.25, 0.3) is 11.1 Å². The molecule has 140 valence electrons. The summed E-state index contributed by atoms with van der Waals surface area (Å²) in [4.78, 5) is 28.9. The largest absolute Gasteiger partial charge is 0.331 e. The predicted octanol–water partition coefficient (Wildman–Crippen LogP) is 5.33. The number of carbonyl (C=O) groups is 2. The maximum Gasteiger partial charge on any atom is 0.331 e. The number of Topliss-reactive ketones (excluding diaryl/α,β-unsaturated/α-hetero) is 1. The van der Waals surface area contributed by atoms with Gasteiger partial charge >= 0.3 is 5.97 Å². The lowest BCUT2D eigenvalue weighted by Crippen LogP contribution is -2.16. The van der Waals surface area contributed by atoms with E-state index in [-0.39, 0.29) is 5.78 Å². The number of unbranched alkanes of at least 4 members (excludes halogenated alkanes) is 3. The third-order valence-electron chi connectivity index (χ3n) is 4.87. The minimum atomic E-state index is -0.515. The highest BCUT2D eigenvalue weighted by Crippen LogP contribution is 2.36. The number of ketones is 1. The maximum absolute atomic E-state index is 13.0. The van der Waals surface area contributed by atoms with Crippen LogP contribution in [0.4, 0.5) is 0 Å². The number of rotatable bonds is 8. The summed E-state index contributed by atoms with van der Waals surface area (Å²) in [6.45, 7) is 3.43. The van der Waals surface area contributed by atoms with E-state index in [4.69, 9.17) is 4.84 Å². The van der Waals surface area contributed by atoms with Crippen LogP contribution in [-0.2, 0) is 16.1 Å². The third kappa shape index (κ3) is 4.51. The average Bonchev–Trinajstić information content (AvgIpc) is 3.04. The fourth-order valence-corrected chi connectivity index (χ4v) is 3.49. The molecule has 0 heterocycles. The van der Waals surface area contributed by atoms with Crippen molar-refractivity contribution in [3.8, 4) is 11.1 Å². The SMILES string of the molecule is CCCCCC/C(=N\OC(C)=O)C(=O)c1ccc2c(c1)Cc1ccccc1-2. The van der Waals surface area contributed by atoms with Crippen molar-refractivity contribution in [3.05, 3.63) is 59.2 Å². The number of nitrogens with zero attached hydrogens (tertiary/aromatic N) is 1. The van der Waals surface area contributed by atoms with Gasteiger partial charge in [-0.25, -0.2) is 4.79 Å². The average molecular weight is 363 g/mol. The van der Waals surface area contributed by atoms with Gasteiger partial charge in [0.05, 0.1) is 0 Å². The molecule has 0 aromatic heterocycles. The van der Waals surface area contributed by atoms with Gasteiger partial charge < -0.3 is 4.84 Å². The monoisotopic (exact) mass is 363 g/mol. The molecule has 1 aliphatic rings. The Labute approximate surface area is 160 Å². The summed E-state index contributed by atoms with van der Waals surface area (Å²) < 4.78 is 0. The third-order valence-corrected chi connectivity index (χ3v) is 4.87. The zero-order valence-corrected chi connectivity index (χ0v) is 16.0. The van der Waals surface area contributed by atoms with Crippen molar-refractivity contribution in [3.63, 3.8) is 0 Å². The highest BCUT2D eigenvalue weighted by molar-refractivity contribution is 6.46. The number of fused-ring (bicyclic) bond motifs is 3. The van der Waals surface area contributed by atoms with E-state index in [1.807, 2.05) is 30.3 Å². The topological polar surface area (TPSA) is 55.7 Å². The fourth-order valence-electron chi connectivity index (χ4n) is 3.49. The van der Waals surface area contributed by atoms with Crippen molar-refractivity contribution in [2.45, 2.75) is 52.4 Å². The Morgan fingerprint density at radius 1 is 1.00 bits per heavy atom. The van der Waals surface area contributed by atoms with E-state index in [0.29, 0.717) is 17.7 Å². The summed E-state index contributed by atoms with van der Waals surface area (Å²) in [5.74, 6) is -0.676. The number of hydrogen-bond donors (Lipinski definition) is 0. The van der Waals surface area contributed by atoms with Crippen LogP contribution in [0.15, 0.2) is 47.6 Å². The Morgan fingerprint density at radius 3 is 2.56 bits per heavy atom. The van der Waals surface area contributed by atoms with Crippen LogP contribution in [0.2, 0.25) is 0 Å². The highest BCUT2D eigenvalue weighted by Gasteiger charge is 2.21. The van der Waals surface area contributed by atoms with Crippen LogP contribution in [-0.4, -0.2) is 17.5 Å². The summed E-state index contributed by atoms with van der Waals surface area (Å²) in [6, 6.07) is 14.1. The molecule has 0 amide bonds. The smallest absolute Gasteiger partial charge is 0.318 e. The van der Waals surface area contributed by atoms with Gasteiger partial charge in [-0.2, -0.15) is 0 Å². The Hall–Kier alpha value is -2.75. The van der Waals surface area contributed by atoms with E-state index in [0.717, 1.165) is 37.7 Å². The fraction of sp³-hybridized carbons (Fsp3) is 0.348. The Morgan fingerprint density at radius 2 is 1.78 bits per heavy atom. The van der Waals surface area contributed by atoms with Gasteiger partial charge in [0.1, 0.15) is 5.71 Å². The number of hydrogen-bond acceptors (Lipinski definition) is 4. The molecule has 0 fully saturated rings. The second kappa shape index (κ2) is 8.76. The minimum Gasteiger partial charge on any atom is -0.318 e. The zero-order chi connectivity index (χ0) is 19.2. The van der Waals surface area contributed by atoms with Gasteiger partial charge in [-0.3, -0.25) is 4.79 Å². The molecule has 0 N–H and O–H groups in total. The first-order valence-corrected chi connectivity index (χ1v) is 9.60. The van der Waals surface area contributed by atoms with Crippen molar-refractivity contribution >= 4 is 17.5 Å². The quantitative estimate of drug-likeness (QED) is 0.179. The predicted molar refractivity (Wildman–Crippen MR) is 107 cm³/mol. The summed E-state index contributed by atoms with van der Waals surface area (Å²) in [5, 5.41) is 3.85. The molecule has 2 aromatic carbocycles. The van der Waals surface area contributed by atoms with Crippen LogP contribution in [0.5, 0.6) is 0 Å². The van der Waals surface area contributed by atoms with Gasteiger partial charge in [0, 0.05) is 12.5 Å². The molecule has 27 heavy (non-hydrogen) atoms. The maximum atomic E-state index is 13.0. The van der Waals surface area contributed by atoms with Crippen molar-refractivity contribution in [1.29, 1.82) is 0 Å². The van der Waals surface area contributed by atoms with Crippen molar-refractivity contribution in [1.82, 2.24) is 0 Å². The molecule has 0 aliphatic heterocycles. The molecular weight excluding hydrogens is 338 g/mol. The standard InChI is InChI=1S/C23H25NO3/c1-3-4-5-6-11-22(24-27-16(2)25)23(26)18-12-13-21-19(15-18)14-17-9-7-8-10-20(17)21/h7-10,12-13,15H,3-6,11,14H2,1-2H3/b24-22+. The van der Waals surface area contributed by atoms with Crippen LogP contribution < -0.4 is 0 Å². The molecule has 2 aromatic rings. The minimum absolute atomic E-state index is 0.161. The molecule has 1 aliphatic carbocycles. The van der Waals surface area contributed by atoms with Crippen LogP contribution in [0.3, 0.4) is 0 Å². The first-order chi connectivity index (χ1) is 13.1. The second-order valence-electron chi connectivity index (χ2n) is 6.97. The van der Waals surface area contributed by atoms with Gasteiger partial charge in [-0.1, -0.05) is 67.7 Å². The first kappa shape index (κ1) is 19.0. The van der Waals surface area contributed by atoms with Gasteiger partial charge in [0.15, 0.2) is 0 Å². The van der Waals surface area contributed by atoms with E-state index in [9.17, 15) is 9.59 Å². The van der Waals surface area contributed by atoms with Crippen molar-refractivity contribution in [2.75, 3.05) is 0 Å². The molecule has 0 bridgehead atoms. The van der Waals surface area contributed by atoms with Crippen molar-refractivity contribution in [2.24, 2.45) is 5.16 Å². The molecule has 0 radical (unpaired) electrons.